The molecular weight excluding hydrogens is 277 g/mol. The third-order valence-corrected chi connectivity index (χ3v) is 3.11. The van der Waals surface area contributed by atoms with Crippen molar-refractivity contribution in [2.24, 2.45) is 0 Å². The van der Waals surface area contributed by atoms with Gasteiger partial charge < -0.3 is 5.32 Å². The van der Waals surface area contributed by atoms with E-state index in [1.807, 2.05) is 12.1 Å². The summed E-state index contributed by atoms with van der Waals surface area (Å²) in [5.41, 5.74) is 2.04. The molecule has 0 aliphatic rings. The zero-order chi connectivity index (χ0) is 14.5. The molecule has 5 heteroatoms. The molecule has 0 radical (unpaired) electrons. The van der Waals surface area contributed by atoms with Gasteiger partial charge >= 0.3 is 0 Å². The van der Waals surface area contributed by atoms with Crippen LogP contribution in [0.15, 0.2) is 36.4 Å². The maximum absolute atomic E-state index is 13.0. The quantitative estimate of drug-likeness (QED) is 0.932. The Morgan fingerprint density at radius 2 is 1.90 bits per heavy atom. The summed E-state index contributed by atoms with van der Waals surface area (Å²) in [5.74, 6) is -0.455. The average molecular weight is 286 g/mol. The Balaban J connectivity index is 2.18. The van der Waals surface area contributed by atoms with Crippen molar-refractivity contribution in [1.29, 1.82) is 10.5 Å². The van der Waals surface area contributed by atoms with Crippen LogP contribution in [0.1, 0.15) is 16.7 Å². The van der Waals surface area contributed by atoms with E-state index in [1.165, 1.54) is 18.2 Å². The van der Waals surface area contributed by atoms with Crippen LogP contribution in [0.5, 0.6) is 0 Å². The van der Waals surface area contributed by atoms with E-state index in [1.54, 1.807) is 18.2 Å². The van der Waals surface area contributed by atoms with E-state index in [0.717, 1.165) is 5.56 Å². The van der Waals surface area contributed by atoms with Crippen molar-refractivity contribution in [3.63, 3.8) is 0 Å². The third kappa shape index (κ3) is 3.06. The second kappa shape index (κ2) is 6.06. The first kappa shape index (κ1) is 13.9. The maximum Gasteiger partial charge on any atom is 0.124 e. The minimum absolute atomic E-state index is 0.231. The first-order chi connectivity index (χ1) is 9.63. The van der Waals surface area contributed by atoms with Crippen LogP contribution < -0.4 is 5.32 Å². The number of anilines is 1. The van der Waals surface area contributed by atoms with E-state index in [9.17, 15) is 4.39 Å². The summed E-state index contributed by atoms with van der Waals surface area (Å²) in [7, 11) is 0. The molecule has 0 aliphatic heterocycles. The van der Waals surface area contributed by atoms with Gasteiger partial charge in [0.05, 0.1) is 22.9 Å². The highest BCUT2D eigenvalue weighted by molar-refractivity contribution is 6.31. The van der Waals surface area contributed by atoms with Crippen molar-refractivity contribution in [2.75, 3.05) is 5.32 Å². The van der Waals surface area contributed by atoms with Crippen LogP contribution in [-0.2, 0) is 6.54 Å². The van der Waals surface area contributed by atoms with E-state index >= 15 is 0 Å². The molecule has 0 saturated carbocycles. The predicted molar refractivity (Wildman–Crippen MR) is 74.6 cm³/mol. The first-order valence-electron chi connectivity index (χ1n) is 5.76. The lowest BCUT2D eigenvalue weighted by Gasteiger charge is -2.09. The number of nitriles is 2. The highest BCUT2D eigenvalue weighted by Gasteiger charge is 2.06. The smallest absolute Gasteiger partial charge is 0.124 e. The summed E-state index contributed by atoms with van der Waals surface area (Å²) in [6, 6.07) is 12.9. The molecule has 0 aromatic heterocycles. The molecule has 0 fully saturated rings. The van der Waals surface area contributed by atoms with Gasteiger partial charge in [-0.25, -0.2) is 4.39 Å². The number of hydrogen-bond acceptors (Lipinski definition) is 3. The number of benzene rings is 2. The van der Waals surface area contributed by atoms with Crippen molar-refractivity contribution >= 4 is 17.3 Å². The van der Waals surface area contributed by atoms with E-state index in [0.29, 0.717) is 22.8 Å². The molecule has 2 aromatic rings. The second-order valence-corrected chi connectivity index (χ2v) is 4.48. The van der Waals surface area contributed by atoms with Gasteiger partial charge in [-0.3, -0.25) is 0 Å². The van der Waals surface area contributed by atoms with Crippen LogP contribution in [0.3, 0.4) is 0 Å². The third-order valence-electron chi connectivity index (χ3n) is 2.75. The Bertz CT molecular complexity index is 729. The lowest BCUT2D eigenvalue weighted by molar-refractivity contribution is 0.627. The van der Waals surface area contributed by atoms with Crippen LogP contribution >= 0.6 is 11.6 Å². The summed E-state index contributed by atoms with van der Waals surface area (Å²) < 4.78 is 13.0. The van der Waals surface area contributed by atoms with Crippen molar-refractivity contribution in [3.05, 3.63) is 63.9 Å². The molecule has 0 atom stereocenters. The Labute approximate surface area is 120 Å². The fourth-order valence-corrected chi connectivity index (χ4v) is 1.96. The molecule has 0 amide bonds. The van der Waals surface area contributed by atoms with Crippen LogP contribution in [0.4, 0.5) is 10.1 Å². The van der Waals surface area contributed by atoms with E-state index < -0.39 is 5.82 Å². The molecule has 3 nitrogen and oxygen atoms in total. The van der Waals surface area contributed by atoms with Crippen molar-refractivity contribution < 1.29 is 4.39 Å². The fourth-order valence-electron chi connectivity index (χ4n) is 1.71. The molecule has 2 aromatic carbocycles. The predicted octanol–water partition coefficient (Wildman–Crippen LogP) is 3.83. The lowest BCUT2D eigenvalue weighted by Crippen LogP contribution is -2.02. The minimum atomic E-state index is -0.455. The Hall–Kier alpha value is -2.56. The van der Waals surface area contributed by atoms with Gasteiger partial charge in [0.15, 0.2) is 0 Å². The topological polar surface area (TPSA) is 59.6 Å². The molecule has 98 valence electrons. The molecular formula is C15H9ClFN3. The van der Waals surface area contributed by atoms with Gasteiger partial charge in [0, 0.05) is 11.6 Å². The minimum Gasteiger partial charge on any atom is -0.380 e. The monoisotopic (exact) mass is 285 g/mol. The SMILES string of the molecule is N#Cc1ccc(CNc2ccc(F)cc2C#N)c(Cl)c1. The molecule has 0 saturated heterocycles. The van der Waals surface area contributed by atoms with Crippen molar-refractivity contribution in [1.82, 2.24) is 0 Å². The van der Waals surface area contributed by atoms with Gasteiger partial charge in [-0.05, 0) is 35.9 Å². The zero-order valence-corrected chi connectivity index (χ0v) is 11.1. The summed E-state index contributed by atoms with van der Waals surface area (Å²) in [4.78, 5) is 0. The Morgan fingerprint density at radius 1 is 1.10 bits per heavy atom. The normalized spacial score (nSPS) is 9.60. The summed E-state index contributed by atoms with van der Waals surface area (Å²) in [6.07, 6.45) is 0. The first-order valence-corrected chi connectivity index (χ1v) is 6.14. The molecule has 2 rings (SSSR count). The highest BCUT2D eigenvalue weighted by atomic mass is 35.5. The lowest BCUT2D eigenvalue weighted by atomic mass is 10.1. The van der Waals surface area contributed by atoms with Crippen LogP contribution in [0.25, 0.3) is 0 Å². The van der Waals surface area contributed by atoms with Gasteiger partial charge in [-0.1, -0.05) is 17.7 Å². The van der Waals surface area contributed by atoms with Crippen LogP contribution in [0.2, 0.25) is 5.02 Å². The second-order valence-electron chi connectivity index (χ2n) is 4.07. The van der Waals surface area contributed by atoms with Crippen molar-refractivity contribution in [2.45, 2.75) is 6.54 Å². The molecule has 0 bridgehead atoms. The fraction of sp³-hybridized carbons (Fsp3) is 0.0667. The molecule has 20 heavy (non-hydrogen) atoms. The summed E-state index contributed by atoms with van der Waals surface area (Å²) >= 11 is 6.06. The Kier molecular flexibility index (Phi) is 4.20. The number of halogens is 2. The molecule has 1 N–H and O–H groups in total. The Morgan fingerprint density at radius 3 is 2.55 bits per heavy atom. The van der Waals surface area contributed by atoms with Crippen LogP contribution in [-0.4, -0.2) is 0 Å². The average Bonchev–Trinajstić information content (AvgIpc) is 2.46. The number of nitrogens with one attached hydrogen (secondary N) is 1. The standard InChI is InChI=1S/C15H9ClFN3/c16-14-5-10(7-18)1-2-11(14)9-20-15-4-3-13(17)6-12(15)8-19/h1-6,20H,9H2. The maximum atomic E-state index is 13.0. The van der Waals surface area contributed by atoms with Gasteiger partial charge in [0.2, 0.25) is 0 Å². The number of hydrogen-bond donors (Lipinski definition) is 1. The molecule has 0 spiro atoms. The van der Waals surface area contributed by atoms with E-state index in [4.69, 9.17) is 22.1 Å². The summed E-state index contributed by atoms with van der Waals surface area (Å²) in [5, 5.41) is 21.2. The van der Waals surface area contributed by atoms with Gasteiger partial charge in [-0.2, -0.15) is 10.5 Å². The zero-order valence-electron chi connectivity index (χ0n) is 10.3. The number of rotatable bonds is 3. The van der Waals surface area contributed by atoms with E-state index in [-0.39, 0.29) is 5.56 Å². The number of nitrogens with zero attached hydrogens (tertiary/aromatic N) is 2. The summed E-state index contributed by atoms with van der Waals surface area (Å²) in [6.45, 7) is 0.380. The highest BCUT2D eigenvalue weighted by Crippen LogP contribution is 2.21. The molecule has 0 aliphatic carbocycles. The molecule has 0 unspecified atom stereocenters. The van der Waals surface area contributed by atoms with Crippen molar-refractivity contribution in [3.8, 4) is 12.1 Å². The van der Waals surface area contributed by atoms with Gasteiger partial charge in [0.1, 0.15) is 11.9 Å². The van der Waals surface area contributed by atoms with Gasteiger partial charge in [0.25, 0.3) is 0 Å². The van der Waals surface area contributed by atoms with E-state index in [2.05, 4.69) is 5.32 Å². The largest absolute Gasteiger partial charge is 0.380 e. The molecule has 0 heterocycles. The van der Waals surface area contributed by atoms with Crippen LogP contribution in [0, 0.1) is 28.5 Å². The van der Waals surface area contributed by atoms with Gasteiger partial charge in [-0.15, -0.1) is 0 Å².